The van der Waals surface area contributed by atoms with Crippen molar-refractivity contribution >= 4 is 15.9 Å². The molecule has 1 fully saturated rings. The molecule has 8 heteroatoms. The summed E-state index contributed by atoms with van der Waals surface area (Å²) in [5, 5.41) is 0. The second kappa shape index (κ2) is 7.74. The summed E-state index contributed by atoms with van der Waals surface area (Å²) in [6.07, 6.45) is 0.237. The summed E-state index contributed by atoms with van der Waals surface area (Å²) in [6, 6.07) is 10.5. The van der Waals surface area contributed by atoms with E-state index in [9.17, 15) is 22.0 Å². The zero-order valence-corrected chi connectivity index (χ0v) is 15.7. The Bertz CT molecular complexity index is 935. The molecule has 1 amide bonds. The number of halogens is 2. The van der Waals surface area contributed by atoms with Crippen LogP contribution in [0.3, 0.4) is 0 Å². The summed E-state index contributed by atoms with van der Waals surface area (Å²) < 4.78 is 53.9. The van der Waals surface area contributed by atoms with Crippen molar-refractivity contribution in [1.29, 1.82) is 0 Å². The second-order valence-corrected chi connectivity index (χ2v) is 8.31. The monoisotopic (exact) mass is 394 g/mol. The molecule has 0 unspecified atom stereocenters. The van der Waals surface area contributed by atoms with Gasteiger partial charge in [-0.1, -0.05) is 30.3 Å². The highest BCUT2D eigenvalue weighted by Gasteiger charge is 2.34. The molecule has 0 atom stereocenters. The van der Waals surface area contributed by atoms with E-state index in [1.165, 1.54) is 0 Å². The van der Waals surface area contributed by atoms with Gasteiger partial charge in [-0.2, -0.15) is 4.31 Å². The Morgan fingerprint density at radius 2 is 1.56 bits per heavy atom. The highest BCUT2D eigenvalue weighted by atomic mass is 32.2. The van der Waals surface area contributed by atoms with Crippen molar-refractivity contribution in [2.45, 2.75) is 18.2 Å². The predicted octanol–water partition coefficient (Wildman–Crippen LogP) is 2.35. The molecule has 5 nitrogen and oxygen atoms in total. The quantitative estimate of drug-likeness (QED) is 0.800. The highest BCUT2D eigenvalue weighted by molar-refractivity contribution is 7.89. The van der Waals surface area contributed by atoms with Gasteiger partial charge in [0.1, 0.15) is 11.6 Å². The number of rotatable bonds is 4. The molecular weight excluding hydrogens is 374 g/mol. The topological polar surface area (TPSA) is 57.7 Å². The maximum absolute atomic E-state index is 13.9. The summed E-state index contributed by atoms with van der Waals surface area (Å²) in [5.41, 5.74) is 1.94. The summed E-state index contributed by atoms with van der Waals surface area (Å²) in [7, 11) is -4.29. The van der Waals surface area contributed by atoms with E-state index in [1.54, 1.807) is 4.90 Å². The molecule has 0 aliphatic carbocycles. The highest BCUT2D eigenvalue weighted by Crippen LogP contribution is 2.23. The van der Waals surface area contributed by atoms with Gasteiger partial charge in [0, 0.05) is 26.2 Å². The fourth-order valence-corrected chi connectivity index (χ4v) is 4.65. The van der Waals surface area contributed by atoms with Gasteiger partial charge in [0.15, 0.2) is 4.90 Å². The van der Waals surface area contributed by atoms with E-state index in [0.717, 1.165) is 33.6 Å². The van der Waals surface area contributed by atoms with Gasteiger partial charge >= 0.3 is 0 Å². The zero-order valence-electron chi connectivity index (χ0n) is 14.9. The number of amides is 1. The van der Waals surface area contributed by atoms with E-state index in [4.69, 9.17) is 0 Å². The lowest BCUT2D eigenvalue weighted by molar-refractivity contribution is -0.131. The Hall–Kier alpha value is -2.32. The molecule has 144 valence electrons. The van der Waals surface area contributed by atoms with Gasteiger partial charge in [0.25, 0.3) is 0 Å². The van der Waals surface area contributed by atoms with Crippen molar-refractivity contribution in [3.63, 3.8) is 0 Å². The Balaban J connectivity index is 1.68. The molecule has 1 saturated heterocycles. The minimum absolute atomic E-state index is 0.00435. The lowest BCUT2D eigenvalue weighted by atomic mass is 10.1. The molecule has 0 radical (unpaired) electrons. The van der Waals surface area contributed by atoms with E-state index in [2.05, 4.69) is 0 Å². The SMILES string of the molecule is Cc1ccccc1CC(=O)N1CCN(S(=O)(=O)c2c(F)cccc2F)CC1. The lowest BCUT2D eigenvalue weighted by Gasteiger charge is -2.34. The molecule has 0 spiro atoms. The molecular formula is C19H20F2N2O3S. The number of nitrogens with zero attached hydrogens (tertiary/aromatic N) is 2. The summed E-state index contributed by atoms with van der Waals surface area (Å²) in [5.74, 6) is -2.33. The van der Waals surface area contributed by atoms with Crippen LogP contribution in [0, 0.1) is 18.6 Å². The second-order valence-electron chi connectivity index (χ2n) is 6.44. The van der Waals surface area contributed by atoms with Crippen molar-refractivity contribution in [3.05, 3.63) is 65.2 Å². The van der Waals surface area contributed by atoms with Crippen LogP contribution in [0.1, 0.15) is 11.1 Å². The zero-order chi connectivity index (χ0) is 19.6. The standard InChI is InChI=1S/C19H20F2N2O3S/c1-14-5-2-3-6-15(14)13-18(24)22-9-11-23(12-10-22)27(25,26)19-16(20)7-4-8-17(19)21/h2-8H,9-13H2,1H3. The molecule has 0 bridgehead atoms. The summed E-state index contributed by atoms with van der Waals surface area (Å²) >= 11 is 0. The Morgan fingerprint density at radius 1 is 0.963 bits per heavy atom. The predicted molar refractivity (Wildman–Crippen MR) is 96.6 cm³/mol. The number of hydrogen-bond donors (Lipinski definition) is 0. The molecule has 1 aliphatic rings. The first-order valence-corrected chi connectivity index (χ1v) is 10.0. The third kappa shape index (κ3) is 4.01. The van der Waals surface area contributed by atoms with Crippen LogP contribution < -0.4 is 0 Å². The fourth-order valence-electron chi connectivity index (χ4n) is 3.12. The van der Waals surface area contributed by atoms with Crippen LogP contribution >= 0.6 is 0 Å². The summed E-state index contributed by atoms with van der Waals surface area (Å²) in [4.78, 5) is 13.1. The molecule has 0 saturated carbocycles. The van der Waals surface area contributed by atoms with Crippen molar-refractivity contribution in [1.82, 2.24) is 9.21 Å². The van der Waals surface area contributed by atoms with Crippen LogP contribution in [-0.4, -0.2) is 49.7 Å². The molecule has 1 aliphatic heterocycles. The number of sulfonamides is 1. The number of hydrogen-bond acceptors (Lipinski definition) is 3. The smallest absolute Gasteiger partial charge is 0.249 e. The third-order valence-electron chi connectivity index (χ3n) is 4.71. The summed E-state index contributed by atoms with van der Waals surface area (Å²) in [6.45, 7) is 2.28. The molecule has 1 heterocycles. The maximum Gasteiger partial charge on any atom is 0.249 e. The van der Waals surface area contributed by atoms with Crippen LogP contribution in [0.15, 0.2) is 47.4 Å². The number of aryl methyl sites for hydroxylation is 1. The minimum Gasteiger partial charge on any atom is -0.340 e. The van der Waals surface area contributed by atoms with Gasteiger partial charge in [-0.15, -0.1) is 0 Å². The average Bonchev–Trinajstić information content (AvgIpc) is 2.63. The number of benzene rings is 2. The normalized spacial score (nSPS) is 15.7. The molecule has 2 aromatic carbocycles. The van der Waals surface area contributed by atoms with Crippen molar-refractivity contribution < 1.29 is 22.0 Å². The van der Waals surface area contributed by atoms with Gasteiger partial charge in [0.2, 0.25) is 15.9 Å². The van der Waals surface area contributed by atoms with Crippen LogP contribution in [0.5, 0.6) is 0 Å². The van der Waals surface area contributed by atoms with Gasteiger partial charge in [-0.05, 0) is 30.2 Å². The van der Waals surface area contributed by atoms with E-state index in [-0.39, 0.29) is 38.5 Å². The lowest BCUT2D eigenvalue weighted by Crippen LogP contribution is -2.51. The first kappa shape index (κ1) is 19.4. The van der Waals surface area contributed by atoms with Crippen molar-refractivity contribution in [2.24, 2.45) is 0 Å². The molecule has 27 heavy (non-hydrogen) atoms. The van der Waals surface area contributed by atoms with E-state index in [0.29, 0.717) is 0 Å². The van der Waals surface area contributed by atoms with Gasteiger partial charge < -0.3 is 4.90 Å². The van der Waals surface area contributed by atoms with Crippen molar-refractivity contribution in [3.8, 4) is 0 Å². The number of carbonyl (C=O) groups excluding carboxylic acids is 1. The first-order chi connectivity index (χ1) is 12.8. The molecule has 0 N–H and O–H groups in total. The van der Waals surface area contributed by atoms with Gasteiger partial charge in [0.05, 0.1) is 6.42 Å². The van der Waals surface area contributed by atoms with Gasteiger partial charge in [-0.25, -0.2) is 17.2 Å². The Morgan fingerprint density at radius 3 is 2.15 bits per heavy atom. The van der Waals surface area contributed by atoms with Crippen LogP contribution in [0.25, 0.3) is 0 Å². The maximum atomic E-state index is 13.9. The van der Waals surface area contributed by atoms with E-state index < -0.39 is 26.6 Å². The molecule has 2 aromatic rings. The van der Waals surface area contributed by atoms with E-state index in [1.807, 2.05) is 31.2 Å². The minimum atomic E-state index is -4.29. The fraction of sp³-hybridized carbons (Fsp3) is 0.316. The third-order valence-corrected chi connectivity index (χ3v) is 6.66. The van der Waals surface area contributed by atoms with Gasteiger partial charge in [-0.3, -0.25) is 4.79 Å². The van der Waals surface area contributed by atoms with Crippen LogP contribution in [0.2, 0.25) is 0 Å². The Labute approximate surface area is 157 Å². The first-order valence-electron chi connectivity index (χ1n) is 8.57. The molecule has 0 aromatic heterocycles. The number of carbonyl (C=O) groups is 1. The van der Waals surface area contributed by atoms with Crippen molar-refractivity contribution in [2.75, 3.05) is 26.2 Å². The molecule has 3 rings (SSSR count). The number of piperazine rings is 1. The Kier molecular flexibility index (Phi) is 5.57. The largest absolute Gasteiger partial charge is 0.340 e. The van der Waals surface area contributed by atoms with Crippen LogP contribution in [0.4, 0.5) is 8.78 Å². The van der Waals surface area contributed by atoms with E-state index >= 15 is 0 Å². The van der Waals surface area contributed by atoms with Crippen LogP contribution in [-0.2, 0) is 21.2 Å². The average molecular weight is 394 g/mol.